The fourth-order valence-corrected chi connectivity index (χ4v) is 2.45. The van der Waals surface area contributed by atoms with Crippen molar-refractivity contribution in [3.8, 4) is 0 Å². The van der Waals surface area contributed by atoms with Gasteiger partial charge in [0.15, 0.2) is 0 Å². The standard InChI is InChI=1S/C13H13ClN6O/c1-7(15)12-18-9-4-2-3-8(14)11(9)13(21)20(12)5-10-16-6-17-19-10/h2-4,6-7H,5,15H2,1H3,(H,16,17,19). The molecule has 3 rings (SSSR count). The number of aromatic nitrogens is 5. The molecule has 108 valence electrons. The summed E-state index contributed by atoms with van der Waals surface area (Å²) in [5.74, 6) is 1.03. The van der Waals surface area contributed by atoms with Crippen molar-refractivity contribution < 1.29 is 0 Å². The fraction of sp³-hybridized carbons (Fsp3) is 0.231. The number of hydrogen-bond donors (Lipinski definition) is 2. The number of aromatic amines is 1. The van der Waals surface area contributed by atoms with Crippen molar-refractivity contribution in [3.05, 3.63) is 51.6 Å². The van der Waals surface area contributed by atoms with Gasteiger partial charge >= 0.3 is 0 Å². The van der Waals surface area contributed by atoms with Crippen LogP contribution < -0.4 is 11.3 Å². The van der Waals surface area contributed by atoms with E-state index >= 15 is 0 Å². The van der Waals surface area contributed by atoms with E-state index in [0.717, 1.165) is 0 Å². The normalized spacial score (nSPS) is 12.7. The molecular weight excluding hydrogens is 292 g/mol. The summed E-state index contributed by atoms with van der Waals surface area (Å²) >= 11 is 6.13. The molecule has 0 saturated carbocycles. The van der Waals surface area contributed by atoms with E-state index in [4.69, 9.17) is 17.3 Å². The van der Waals surface area contributed by atoms with Crippen LogP contribution in [-0.4, -0.2) is 24.7 Å². The maximum absolute atomic E-state index is 12.7. The lowest BCUT2D eigenvalue weighted by Crippen LogP contribution is -2.29. The number of benzene rings is 1. The minimum Gasteiger partial charge on any atom is -0.322 e. The Morgan fingerprint density at radius 1 is 1.48 bits per heavy atom. The molecule has 0 radical (unpaired) electrons. The first-order valence-electron chi connectivity index (χ1n) is 6.36. The largest absolute Gasteiger partial charge is 0.322 e. The number of nitrogens with two attached hydrogens (primary N) is 1. The third kappa shape index (κ3) is 2.41. The summed E-state index contributed by atoms with van der Waals surface area (Å²) in [6.45, 7) is 1.99. The molecule has 2 heterocycles. The van der Waals surface area contributed by atoms with E-state index in [-0.39, 0.29) is 12.1 Å². The molecule has 0 fully saturated rings. The van der Waals surface area contributed by atoms with Crippen LogP contribution in [0.2, 0.25) is 5.02 Å². The van der Waals surface area contributed by atoms with Gasteiger partial charge in [-0.2, -0.15) is 5.10 Å². The molecule has 3 aromatic rings. The van der Waals surface area contributed by atoms with Crippen molar-refractivity contribution in [2.45, 2.75) is 19.5 Å². The molecule has 0 aliphatic carbocycles. The molecule has 0 aliphatic heterocycles. The van der Waals surface area contributed by atoms with Crippen molar-refractivity contribution >= 4 is 22.5 Å². The SMILES string of the molecule is CC(N)c1nc2cccc(Cl)c2c(=O)n1Cc1ncn[nH]1. The molecule has 7 nitrogen and oxygen atoms in total. The van der Waals surface area contributed by atoms with Crippen LogP contribution in [0, 0.1) is 0 Å². The Balaban J connectivity index is 2.29. The Hall–Kier alpha value is -2.25. The molecule has 0 spiro atoms. The third-order valence-electron chi connectivity index (χ3n) is 3.14. The summed E-state index contributed by atoms with van der Waals surface area (Å²) in [7, 11) is 0. The predicted molar refractivity (Wildman–Crippen MR) is 79.1 cm³/mol. The van der Waals surface area contributed by atoms with Crippen LogP contribution in [0.4, 0.5) is 0 Å². The van der Waals surface area contributed by atoms with E-state index in [2.05, 4.69) is 20.2 Å². The van der Waals surface area contributed by atoms with Crippen LogP contribution in [0.5, 0.6) is 0 Å². The van der Waals surface area contributed by atoms with Crippen LogP contribution in [-0.2, 0) is 6.54 Å². The zero-order valence-corrected chi connectivity index (χ0v) is 12.0. The molecule has 21 heavy (non-hydrogen) atoms. The highest BCUT2D eigenvalue weighted by Gasteiger charge is 2.16. The van der Waals surface area contributed by atoms with Crippen molar-refractivity contribution in [1.29, 1.82) is 0 Å². The Labute approximate surface area is 124 Å². The van der Waals surface area contributed by atoms with Gasteiger partial charge in [-0.15, -0.1) is 0 Å². The second kappa shape index (κ2) is 5.27. The second-order valence-electron chi connectivity index (χ2n) is 4.72. The first-order chi connectivity index (χ1) is 10.1. The van der Waals surface area contributed by atoms with Gasteiger partial charge < -0.3 is 5.73 Å². The van der Waals surface area contributed by atoms with Gasteiger partial charge in [-0.05, 0) is 19.1 Å². The van der Waals surface area contributed by atoms with Crippen LogP contribution in [0.15, 0.2) is 29.3 Å². The monoisotopic (exact) mass is 304 g/mol. The Kier molecular flexibility index (Phi) is 3.44. The van der Waals surface area contributed by atoms with Gasteiger partial charge in [0, 0.05) is 0 Å². The summed E-state index contributed by atoms with van der Waals surface area (Å²) in [5, 5.41) is 7.24. The minimum absolute atomic E-state index is 0.212. The van der Waals surface area contributed by atoms with Gasteiger partial charge in [-0.1, -0.05) is 17.7 Å². The number of rotatable bonds is 3. The van der Waals surface area contributed by atoms with E-state index in [1.54, 1.807) is 25.1 Å². The summed E-state index contributed by atoms with van der Waals surface area (Å²) in [5.41, 5.74) is 6.23. The molecule has 0 amide bonds. The maximum atomic E-state index is 12.7. The summed E-state index contributed by atoms with van der Waals surface area (Å²) in [6, 6.07) is 4.76. The highest BCUT2D eigenvalue weighted by molar-refractivity contribution is 6.35. The Morgan fingerprint density at radius 3 is 2.95 bits per heavy atom. The van der Waals surface area contributed by atoms with E-state index < -0.39 is 6.04 Å². The molecule has 0 bridgehead atoms. The molecular formula is C13H13ClN6O. The third-order valence-corrected chi connectivity index (χ3v) is 3.46. The molecule has 0 aliphatic rings. The average molecular weight is 305 g/mol. The zero-order chi connectivity index (χ0) is 15.0. The number of hydrogen-bond acceptors (Lipinski definition) is 5. The number of nitrogens with zero attached hydrogens (tertiary/aromatic N) is 4. The quantitative estimate of drug-likeness (QED) is 0.757. The molecule has 3 N–H and O–H groups in total. The fourth-order valence-electron chi connectivity index (χ4n) is 2.20. The molecule has 1 unspecified atom stereocenters. The molecule has 1 aromatic carbocycles. The number of fused-ring (bicyclic) bond motifs is 1. The van der Waals surface area contributed by atoms with Gasteiger partial charge in [-0.25, -0.2) is 9.97 Å². The lowest BCUT2D eigenvalue weighted by Gasteiger charge is -2.15. The van der Waals surface area contributed by atoms with Gasteiger partial charge in [0.05, 0.1) is 28.5 Å². The summed E-state index contributed by atoms with van der Waals surface area (Å²) in [4.78, 5) is 21.2. The topological polar surface area (TPSA) is 102 Å². The van der Waals surface area contributed by atoms with E-state index in [1.165, 1.54) is 10.9 Å². The van der Waals surface area contributed by atoms with E-state index in [9.17, 15) is 4.79 Å². The Bertz CT molecular complexity index is 840. The average Bonchev–Trinajstić information content (AvgIpc) is 2.94. The van der Waals surface area contributed by atoms with Crippen LogP contribution >= 0.6 is 11.6 Å². The maximum Gasteiger partial charge on any atom is 0.263 e. The van der Waals surface area contributed by atoms with Crippen LogP contribution in [0.3, 0.4) is 0 Å². The van der Waals surface area contributed by atoms with E-state index in [1.807, 2.05) is 0 Å². The van der Waals surface area contributed by atoms with Crippen molar-refractivity contribution in [2.75, 3.05) is 0 Å². The number of nitrogens with one attached hydrogen (secondary N) is 1. The molecule has 2 aromatic heterocycles. The van der Waals surface area contributed by atoms with Gasteiger partial charge in [-0.3, -0.25) is 14.5 Å². The Morgan fingerprint density at radius 2 is 2.29 bits per heavy atom. The van der Waals surface area contributed by atoms with Gasteiger partial charge in [0.1, 0.15) is 18.0 Å². The first-order valence-corrected chi connectivity index (χ1v) is 6.74. The van der Waals surface area contributed by atoms with Crippen molar-refractivity contribution in [3.63, 3.8) is 0 Å². The predicted octanol–water partition coefficient (Wildman–Crippen LogP) is 1.24. The van der Waals surface area contributed by atoms with Crippen LogP contribution in [0.25, 0.3) is 10.9 Å². The van der Waals surface area contributed by atoms with E-state index in [0.29, 0.717) is 27.6 Å². The summed E-state index contributed by atoms with van der Waals surface area (Å²) < 4.78 is 1.47. The van der Waals surface area contributed by atoms with Gasteiger partial charge in [0.2, 0.25) is 0 Å². The highest BCUT2D eigenvalue weighted by atomic mass is 35.5. The minimum atomic E-state index is -0.399. The molecule has 8 heteroatoms. The summed E-state index contributed by atoms with van der Waals surface area (Å²) in [6.07, 6.45) is 1.38. The zero-order valence-electron chi connectivity index (χ0n) is 11.2. The smallest absolute Gasteiger partial charge is 0.263 e. The van der Waals surface area contributed by atoms with Gasteiger partial charge in [0.25, 0.3) is 5.56 Å². The highest BCUT2D eigenvalue weighted by Crippen LogP contribution is 2.20. The molecule has 0 saturated heterocycles. The van der Waals surface area contributed by atoms with Crippen molar-refractivity contribution in [1.82, 2.24) is 24.7 Å². The van der Waals surface area contributed by atoms with Crippen molar-refractivity contribution in [2.24, 2.45) is 5.73 Å². The first kappa shape index (κ1) is 13.7. The lowest BCUT2D eigenvalue weighted by molar-refractivity contribution is 0.606. The second-order valence-corrected chi connectivity index (χ2v) is 5.12. The number of H-pyrrole nitrogens is 1. The molecule has 1 atom stereocenters. The lowest BCUT2D eigenvalue weighted by atomic mass is 10.2. The van der Waals surface area contributed by atoms with Crippen LogP contribution in [0.1, 0.15) is 24.6 Å². The number of halogens is 1.